The molecule has 6 nitrogen and oxygen atoms in total. The summed E-state index contributed by atoms with van der Waals surface area (Å²) in [4.78, 5) is 24.0. The van der Waals surface area contributed by atoms with Gasteiger partial charge in [-0.05, 0) is 43.3 Å². The molecule has 0 aliphatic rings. The zero-order chi connectivity index (χ0) is 18.9. The lowest BCUT2D eigenvalue weighted by atomic mass is 10.1. The number of para-hydroxylation sites is 1. The molecule has 2 rings (SSSR count). The van der Waals surface area contributed by atoms with Gasteiger partial charge in [-0.15, -0.1) is 0 Å². The molecule has 0 saturated heterocycles. The Bertz CT molecular complexity index is 864. The fraction of sp³-hybridized carbons (Fsp3) is 0.150. The van der Waals surface area contributed by atoms with Gasteiger partial charge in [0.25, 0.3) is 5.91 Å². The summed E-state index contributed by atoms with van der Waals surface area (Å²) < 4.78 is 10.1. The number of benzene rings is 2. The monoisotopic (exact) mass is 350 g/mol. The average molecular weight is 350 g/mol. The second-order valence-electron chi connectivity index (χ2n) is 5.16. The molecule has 0 spiro atoms. The van der Waals surface area contributed by atoms with Gasteiger partial charge in [-0.25, -0.2) is 4.79 Å². The van der Waals surface area contributed by atoms with Crippen LogP contribution in [0.3, 0.4) is 0 Å². The number of carbonyl (C=O) groups excluding carboxylic acids is 2. The Morgan fingerprint density at radius 2 is 1.85 bits per heavy atom. The number of methoxy groups -OCH3 is 1. The molecule has 132 valence electrons. The van der Waals surface area contributed by atoms with Crippen molar-refractivity contribution in [3.8, 4) is 11.8 Å². The van der Waals surface area contributed by atoms with Crippen LogP contribution in [0.15, 0.2) is 54.1 Å². The summed E-state index contributed by atoms with van der Waals surface area (Å²) in [6.07, 6.45) is 1.46. The van der Waals surface area contributed by atoms with Gasteiger partial charge >= 0.3 is 5.97 Å². The number of esters is 1. The van der Waals surface area contributed by atoms with E-state index in [2.05, 4.69) is 5.32 Å². The number of anilines is 1. The van der Waals surface area contributed by atoms with E-state index >= 15 is 0 Å². The molecule has 0 aliphatic carbocycles. The first-order valence-electron chi connectivity index (χ1n) is 7.92. The Morgan fingerprint density at radius 1 is 1.15 bits per heavy atom. The standard InChI is InChI=1S/C20H18N2O4/c1-3-26-20(24)14-8-10-17(11-9-14)22-19(23)16(13-21)12-15-6-4-5-7-18(15)25-2/h4-12H,3H2,1-2H3,(H,22,23)/b16-12+. The fourth-order valence-corrected chi connectivity index (χ4v) is 2.19. The van der Waals surface area contributed by atoms with E-state index in [0.29, 0.717) is 22.6 Å². The van der Waals surface area contributed by atoms with Gasteiger partial charge in [0.05, 0.1) is 19.3 Å². The largest absolute Gasteiger partial charge is 0.496 e. The minimum absolute atomic E-state index is 0.0658. The van der Waals surface area contributed by atoms with Crippen LogP contribution >= 0.6 is 0 Å². The maximum Gasteiger partial charge on any atom is 0.338 e. The van der Waals surface area contributed by atoms with Crippen molar-refractivity contribution >= 4 is 23.6 Å². The Kier molecular flexibility index (Phi) is 6.52. The quantitative estimate of drug-likeness (QED) is 0.490. The molecule has 0 unspecified atom stereocenters. The van der Waals surface area contributed by atoms with Crippen LogP contribution in [0.5, 0.6) is 5.75 Å². The van der Waals surface area contributed by atoms with Gasteiger partial charge in [0.15, 0.2) is 0 Å². The highest BCUT2D eigenvalue weighted by molar-refractivity contribution is 6.10. The molecule has 2 aromatic carbocycles. The summed E-state index contributed by atoms with van der Waals surface area (Å²) in [7, 11) is 1.52. The Balaban J connectivity index is 2.16. The van der Waals surface area contributed by atoms with Crippen LogP contribution < -0.4 is 10.1 Å². The van der Waals surface area contributed by atoms with Crippen LogP contribution in [0.25, 0.3) is 6.08 Å². The zero-order valence-electron chi connectivity index (χ0n) is 14.5. The van der Waals surface area contributed by atoms with Crippen molar-refractivity contribution < 1.29 is 19.1 Å². The number of nitriles is 1. The fourth-order valence-electron chi connectivity index (χ4n) is 2.19. The van der Waals surface area contributed by atoms with Crippen molar-refractivity contribution in [1.29, 1.82) is 5.26 Å². The number of rotatable bonds is 6. The van der Waals surface area contributed by atoms with Crippen molar-refractivity contribution in [1.82, 2.24) is 0 Å². The lowest BCUT2D eigenvalue weighted by Gasteiger charge is -2.07. The van der Waals surface area contributed by atoms with Crippen LogP contribution in [0, 0.1) is 11.3 Å². The van der Waals surface area contributed by atoms with Gasteiger partial charge in [-0.2, -0.15) is 5.26 Å². The lowest BCUT2D eigenvalue weighted by molar-refractivity contribution is -0.112. The summed E-state index contributed by atoms with van der Waals surface area (Å²) in [6, 6.07) is 15.2. The molecule has 6 heteroatoms. The Hall–Kier alpha value is -3.59. The summed E-state index contributed by atoms with van der Waals surface area (Å²) in [5.74, 6) is -0.423. The van der Waals surface area contributed by atoms with Crippen LogP contribution in [-0.2, 0) is 9.53 Å². The lowest BCUT2D eigenvalue weighted by Crippen LogP contribution is -2.13. The van der Waals surface area contributed by atoms with Crippen molar-refractivity contribution in [3.63, 3.8) is 0 Å². The second kappa shape index (κ2) is 9.04. The molecular weight excluding hydrogens is 332 g/mol. The van der Waals surface area contributed by atoms with E-state index in [1.807, 2.05) is 6.07 Å². The van der Waals surface area contributed by atoms with E-state index in [-0.39, 0.29) is 12.2 Å². The van der Waals surface area contributed by atoms with Crippen LogP contribution in [0.4, 0.5) is 5.69 Å². The number of carbonyl (C=O) groups is 2. The first-order chi connectivity index (χ1) is 12.6. The summed E-state index contributed by atoms with van der Waals surface area (Å²) in [6.45, 7) is 2.01. The molecule has 26 heavy (non-hydrogen) atoms. The van der Waals surface area contributed by atoms with Crippen LogP contribution in [-0.4, -0.2) is 25.6 Å². The normalized spacial score (nSPS) is 10.6. The number of nitrogens with zero attached hydrogens (tertiary/aromatic N) is 1. The topological polar surface area (TPSA) is 88.4 Å². The third-order valence-electron chi connectivity index (χ3n) is 3.46. The molecule has 0 atom stereocenters. The highest BCUT2D eigenvalue weighted by Crippen LogP contribution is 2.21. The number of amides is 1. The number of nitrogens with one attached hydrogen (secondary N) is 1. The van der Waals surface area contributed by atoms with Crippen molar-refractivity contribution in [2.45, 2.75) is 6.92 Å². The van der Waals surface area contributed by atoms with Gasteiger partial charge in [-0.3, -0.25) is 4.79 Å². The van der Waals surface area contributed by atoms with E-state index in [1.54, 1.807) is 55.5 Å². The molecule has 0 radical (unpaired) electrons. The van der Waals surface area contributed by atoms with E-state index in [4.69, 9.17) is 9.47 Å². The predicted molar refractivity (Wildman–Crippen MR) is 97.6 cm³/mol. The van der Waals surface area contributed by atoms with Gasteiger partial charge in [-0.1, -0.05) is 18.2 Å². The summed E-state index contributed by atoms with van der Waals surface area (Å²) >= 11 is 0. The van der Waals surface area contributed by atoms with Crippen molar-refractivity contribution in [2.24, 2.45) is 0 Å². The highest BCUT2D eigenvalue weighted by Gasteiger charge is 2.12. The third-order valence-corrected chi connectivity index (χ3v) is 3.46. The molecule has 2 aromatic rings. The minimum atomic E-state index is -0.553. The van der Waals surface area contributed by atoms with Gasteiger partial charge in [0.1, 0.15) is 17.4 Å². The predicted octanol–water partition coefficient (Wildman–Crippen LogP) is 3.42. The zero-order valence-corrected chi connectivity index (χ0v) is 14.5. The Labute approximate surface area is 151 Å². The number of hydrogen-bond acceptors (Lipinski definition) is 5. The third kappa shape index (κ3) is 4.71. The average Bonchev–Trinajstić information content (AvgIpc) is 2.67. The SMILES string of the molecule is CCOC(=O)c1ccc(NC(=O)/C(C#N)=C/c2ccccc2OC)cc1. The summed E-state index contributed by atoms with van der Waals surface area (Å²) in [5, 5.41) is 11.9. The van der Waals surface area contributed by atoms with Gasteiger partial charge in [0, 0.05) is 11.3 Å². The highest BCUT2D eigenvalue weighted by atomic mass is 16.5. The molecule has 0 heterocycles. The van der Waals surface area contributed by atoms with Crippen LogP contribution in [0.1, 0.15) is 22.8 Å². The minimum Gasteiger partial charge on any atom is -0.496 e. The molecule has 0 fully saturated rings. The van der Waals surface area contributed by atoms with E-state index in [1.165, 1.54) is 13.2 Å². The van der Waals surface area contributed by atoms with Crippen LogP contribution in [0.2, 0.25) is 0 Å². The van der Waals surface area contributed by atoms with Crippen molar-refractivity contribution in [3.05, 3.63) is 65.2 Å². The Morgan fingerprint density at radius 3 is 2.46 bits per heavy atom. The number of ether oxygens (including phenoxy) is 2. The van der Waals surface area contributed by atoms with Gasteiger partial charge in [0.2, 0.25) is 0 Å². The molecule has 0 bridgehead atoms. The number of hydrogen-bond donors (Lipinski definition) is 1. The van der Waals surface area contributed by atoms with Gasteiger partial charge < -0.3 is 14.8 Å². The molecule has 0 aromatic heterocycles. The molecular formula is C20H18N2O4. The van der Waals surface area contributed by atoms with E-state index < -0.39 is 11.9 Å². The van der Waals surface area contributed by atoms with E-state index in [0.717, 1.165) is 0 Å². The first kappa shape index (κ1) is 18.7. The molecule has 0 saturated carbocycles. The first-order valence-corrected chi connectivity index (χ1v) is 7.92. The summed E-state index contributed by atoms with van der Waals surface area (Å²) in [5.41, 5.74) is 1.41. The van der Waals surface area contributed by atoms with Crippen molar-refractivity contribution in [2.75, 3.05) is 19.0 Å². The molecule has 1 amide bonds. The molecule has 1 N–H and O–H groups in total. The molecule has 0 aliphatic heterocycles. The smallest absolute Gasteiger partial charge is 0.338 e. The second-order valence-corrected chi connectivity index (χ2v) is 5.16. The maximum atomic E-state index is 12.3. The maximum absolute atomic E-state index is 12.3. The van der Waals surface area contributed by atoms with E-state index in [9.17, 15) is 14.9 Å².